The van der Waals surface area contributed by atoms with Crippen LogP contribution in [0, 0.1) is 0 Å². The number of hydrazine groups is 1. The molecule has 3 heterocycles. The number of carbonyl (C=O) groups excluding carboxylic acids is 1. The Bertz CT molecular complexity index is 924. The quantitative estimate of drug-likeness (QED) is 0.662. The SMILES string of the molecule is O=C(NNc1ccc(Cl)cc1)C1CCCCN1Cc1cnc2ccccn12. The number of pyridine rings is 1. The molecular weight excluding hydrogens is 362 g/mol. The Labute approximate surface area is 163 Å². The highest BCUT2D eigenvalue weighted by Gasteiger charge is 2.29. The van der Waals surface area contributed by atoms with Crippen LogP contribution in [0.15, 0.2) is 54.9 Å². The van der Waals surface area contributed by atoms with E-state index >= 15 is 0 Å². The van der Waals surface area contributed by atoms with E-state index in [-0.39, 0.29) is 11.9 Å². The van der Waals surface area contributed by atoms with Gasteiger partial charge in [0, 0.05) is 17.8 Å². The Morgan fingerprint density at radius 3 is 2.89 bits per heavy atom. The van der Waals surface area contributed by atoms with Crippen LogP contribution < -0.4 is 10.9 Å². The lowest BCUT2D eigenvalue weighted by molar-refractivity contribution is -0.127. The lowest BCUT2D eigenvalue weighted by atomic mass is 10.0. The summed E-state index contributed by atoms with van der Waals surface area (Å²) in [5.74, 6) is -0.0153. The summed E-state index contributed by atoms with van der Waals surface area (Å²) in [6.07, 6.45) is 6.92. The van der Waals surface area contributed by atoms with E-state index in [1.807, 2.05) is 42.7 Å². The molecular formula is C20H22ClN5O. The van der Waals surface area contributed by atoms with Gasteiger partial charge in [-0.15, -0.1) is 0 Å². The number of halogens is 1. The standard InChI is InChI=1S/C20H22ClN5O/c21-15-7-9-16(10-8-15)23-24-20(27)18-5-1-3-11-25(18)14-17-13-22-19-6-2-4-12-26(17)19/h2,4,6-10,12-13,18,23H,1,3,5,11,14H2,(H,24,27). The molecule has 1 atom stereocenters. The van der Waals surface area contributed by atoms with Crippen LogP contribution in [-0.4, -0.2) is 32.8 Å². The predicted octanol–water partition coefficient (Wildman–Crippen LogP) is 3.49. The minimum atomic E-state index is -0.159. The molecule has 27 heavy (non-hydrogen) atoms. The van der Waals surface area contributed by atoms with Gasteiger partial charge in [0.05, 0.1) is 23.6 Å². The molecule has 1 unspecified atom stereocenters. The molecule has 1 aliphatic heterocycles. The summed E-state index contributed by atoms with van der Waals surface area (Å²) in [5, 5.41) is 0.665. The summed E-state index contributed by atoms with van der Waals surface area (Å²) in [6.45, 7) is 1.60. The Kier molecular flexibility index (Phi) is 5.27. The van der Waals surface area contributed by atoms with Crippen molar-refractivity contribution >= 4 is 28.8 Å². The first-order valence-corrected chi connectivity index (χ1v) is 9.55. The highest BCUT2D eigenvalue weighted by Crippen LogP contribution is 2.21. The van der Waals surface area contributed by atoms with Gasteiger partial charge in [0.25, 0.3) is 5.91 Å². The van der Waals surface area contributed by atoms with Crippen molar-refractivity contribution in [2.45, 2.75) is 31.8 Å². The second-order valence-corrected chi connectivity index (χ2v) is 7.22. The zero-order valence-corrected chi connectivity index (χ0v) is 15.7. The topological polar surface area (TPSA) is 61.7 Å². The van der Waals surface area contributed by atoms with Crippen molar-refractivity contribution in [3.63, 3.8) is 0 Å². The smallest absolute Gasteiger partial charge is 0.255 e. The van der Waals surface area contributed by atoms with Crippen molar-refractivity contribution in [1.82, 2.24) is 19.7 Å². The maximum absolute atomic E-state index is 12.8. The number of aromatic nitrogens is 2. The summed E-state index contributed by atoms with van der Waals surface area (Å²) < 4.78 is 2.08. The minimum Gasteiger partial charge on any atom is -0.303 e. The van der Waals surface area contributed by atoms with Gasteiger partial charge in [0.2, 0.25) is 0 Å². The number of nitrogens with one attached hydrogen (secondary N) is 2. The summed E-state index contributed by atoms with van der Waals surface area (Å²) in [5.41, 5.74) is 8.64. The molecule has 1 aliphatic rings. The van der Waals surface area contributed by atoms with E-state index in [0.717, 1.165) is 42.8 Å². The second kappa shape index (κ2) is 7.98. The van der Waals surface area contributed by atoms with Gasteiger partial charge in [-0.05, 0) is 55.8 Å². The van der Waals surface area contributed by atoms with E-state index in [1.54, 1.807) is 12.1 Å². The molecule has 1 amide bonds. The molecule has 0 spiro atoms. The monoisotopic (exact) mass is 383 g/mol. The van der Waals surface area contributed by atoms with Gasteiger partial charge in [0.15, 0.2) is 0 Å². The molecule has 1 aromatic carbocycles. The van der Waals surface area contributed by atoms with Gasteiger partial charge in [0.1, 0.15) is 5.65 Å². The van der Waals surface area contributed by atoms with Crippen molar-refractivity contribution in [2.75, 3.05) is 12.0 Å². The molecule has 0 saturated carbocycles. The molecule has 2 N–H and O–H groups in total. The number of fused-ring (bicyclic) bond motifs is 1. The fraction of sp³-hybridized carbons (Fsp3) is 0.300. The van der Waals surface area contributed by atoms with E-state index < -0.39 is 0 Å². The first kappa shape index (κ1) is 17.8. The third-order valence-electron chi connectivity index (χ3n) is 4.95. The van der Waals surface area contributed by atoms with Crippen LogP contribution in [0.1, 0.15) is 25.0 Å². The molecule has 0 radical (unpaired) electrons. The number of benzene rings is 1. The van der Waals surface area contributed by atoms with Crippen LogP contribution in [0.3, 0.4) is 0 Å². The van der Waals surface area contributed by atoms with Crippen LogP contribution in [-0.2, 0) is 11.3 Å². The maximum Gasteiger partial charge on any atom is 0.255 e. The van der Waals surface area contributed by atoms with Gasteiger partial charge in [-0.1, -0.05) is 24.1 Å². The molecule has 7 heteroatoms. The third-order valence-corrected chi connectivity index (χ3v) is 5.20. The van der Waals surface area contributed by atoms with Gasteiger partial charge < -0.3 is 4.40 Å². The number of piperidine rings is 1. The first-order chi connectivity index (χ1) is 13.2. The number of imidazole rings is 1. The lowest BCUT2D eigenvalue weighted by Crippen LogP contribution is -2.50. The van der Waals surface area contributed by atoms with E-state index in [1.165, 1.54) is 0 Å². The number of rotatable bonds is 5. The van der Waals surface area contributed by atoms with E-state index in [9.17, 15) is 4.79 Å². The van der Waals surface area contributed by atoms with Crippen LogP contribution in [0.25, 0.3) is 5.65 Å². The summed E-state index contributed by atoms with van der Waals surface area (Å²) in [7, 11) is 0. The molecule has 1 fully saturated rings. The Morgan fingerprint density at radius 2 is 2.04 bits per heavy atom. The highest BCUT2D eigenvalue weighted by molar-refractivity contribution is 6.30. The Balaban J connectivity index is 1.43. The molecule has 2 aromatic heterocycles. The van der Waals surface area contributed by atoms with E-state index in [4.69, 9.17) is 11.6 Å². The first-order valence-electron chi connectivity index (χ1n) is 9.17. The minimum absolute atomic E-state index is 0.0153. The number of hydrogen-bond acceptors (Lipinski definition) is 4. The summed E-state index contributed by atoms with van der Waals surface area (Å²) in [6, 6.07) is 13.0. The predicted molar refractivity (Wildman–Crippen MR) is 106 cm³/mol. The average molecular weight is 384 g/mol. The second-order valence-electron chi connectivity index (χ2n) is 6.78. The molecule has 140 valence electrons. The van der Waals surface area contributed by atoms with E-state index in [2.05, 4.69) is 25.1 Å². The van der Waals surface area contributed by atoms with Crippen molar-refractivity contribution in [3.05, 3.63) is 65.6 Å². The van der Waals surface area contributed by atoms with Gasteiger partial charge >= 0.3 is 0 Å². The van der Waals surface area contributed by atoms with Crippen LogP contribution in [0.4, 0.5) is 5.69 Å². The molecule has 6 nitrogen and oxygen atoms in total. The number of anilines is 1. The molecule has 3 aromatic rings. The highest BCUT2D eigenvalue weighted by atomic mass is 35.5. The summed E-state index contributed by atoms with van der Waals surface area (Å²) >= 11 is 5.90. The number of likely N-dealkylation sites (tertiary alicyclic amines) is 1. The lowest BCUT2D eigenvalue weighted by Gasteiger charge is -2.34. The number of amides is 1. The molecule has 0 bridgehead atoms. The fourth-order valence-corrected chi connectivity index (χ4v) is 3.66. The summed E-state index contributed by atoms with van der Waals surface area (Å²) in [4.78, 5) is 19.5. The maximum atomic E-state index is 12.8. The average Bonchev–Trinajstić information content (AvgIpc) is 3.11. The van der Waals surface area contributed by atoms with Crippen LogP contribution in [0.2, 0.25) is 5.02 Å². The van der Waals surface area contributed by atoms with Gasteiger partial charge in [-0.25, -0.2) is 4.98 Å². The normalized spacial score (nSPS) is 17.7. The number of carbonyl (C=O) groups is 1. The van der Waals surface area contributed by atoms with Crippen LogP contribution in [0.5, 0.6) is 0 Å². The fourth-order valence-electron chi connectivity index (χ4n) is 3.54. The van der Waals surface area contributed by atoms with Crippen molar-refractivity contribution in [1.29, 1.82) is 0 Å². The Morgan fingerprint density at radius 1 is 1.19 bits per heavy atom. The van der Waals surface area contributed by atoms with Crippen LogP contribution >= 0.6 is 11.6 Å². The number of nitrogens with zero attached hydrogens (tertiary/aromatic N) is 3. The third kappa shape index (κ3) is 4.07. The Hall–Kier alpha value is -2.57. The largest absolute Gasteiger partial charge is 0.303 e. The van der Waals surface area contributed by atoms with Crippen molar-refractivity contribution in [3.8, 4) is 0 Å². The van der Waals surface area contributed by atoms with E-state index in [0.29, 0.717) is 11.6 Å². The number of hydrogen-bond donors (Lipinski definition) is 2. The van der Waals surface area contributed by atoms with Crippen molar-refractivity contribution in [2.24, 2.45) is 0 Å². The van der Waals surface area contributed by atoms with Crippen molar-refractivity contribution < 1.29 is 4.79 Å². The zero-order chi connectivity index (χ0) is 18.6. The molecule has 1 saturated heterocycles. The zero-order valence-electron chi connectivity index (χ0n) is 14.9. The van der Waals surface area contributed by atoms with Gasteiger partial charge in [-0.2, -0.15) is 0 Å². The van der Waals surface area contributed by atoms with Gasteiger partial charge in [-0.3, -0.25) is 20.5 Å². The molecule has 0 aliphatic carbocycles. The molecule has 4 rings (SSSR count).